The van der Waals surface area contributed by atoms with Crippen molar-refractivity contribution in [1.82, 2.24) is 0 Å². The van der Waals surface area contributed by atoms with Gasteiger partial charge in [-0.15, -0.1) is 11.8 Å². The molecule has 4 nitrogen and oxygen atoms in total. The average Bonchev–Trinajstić information content (AvgIpc) is 2.60. The van der Waals surface area contributed by atoms with Gasteiger partial charge in [0.05, 0.1) is 19.9 Å². The highest BCUT2D eigenvalue weighted by Gasteiger charge is 2.32. The van der Waals surface area contributed by atoms with Crippen LogP contribution in [-0.2, 0) is 0 Å². The van der Waals surface area contributed by atoms with Crippen molar-refractivity contribution in [2.75, 3.05) is 24.9 Å². The molecule has 0 radical (unpaired) electrons. The second-order valence-corrected chi connectivity index (χ2v) is 6.40. The number of ether oxygens (including phenoxy) is 2. The zero-order valence-electron chi connectivity index (χ0n) is 13.4. The van der Waals surface area contributed by atoms with E-state index in [-0.39, 0.29) is 11.9 Å². The molecule has 0 fully saturated rings. The summed E-state index contributed by atoms with van der Waals surface area (Å²) < 4.78 is 10.8. The number of thioether (sulfide) groups is 1. The molecule has 3 rings (SSSR count). The summed E-state index contributed by atoms with van der Waals surface area (Å²) in [6.45, 7) is 2.06. The lowest BCUT2D eigenvalue weighted by Gasteiger charge is -2.35. The molecule has 0 aliphatic carbocycles. The van der Waals surface area contributed by atoms with E-state index in [0.29, 0.717) is 17.1 Å². The van der Waals surface area contributed by atoms with E-state index < -0.39 is 0 Å². The van der Waals surface area contributed by atoms with E-state index in [1.807, 2.05) is 35.2 Å². The quantitative estimate of drug-likeness (QED) is 0.857. The molecule has 5 heteroatoms. The number of fused-ring (bicyclic) bond motifs is 1. The Balaban J connectivity index is 2.11. The minimum Gasteiger partial charge on any atom is -0.496 e. The van der Waals surface area contributed by atoms with Crippen LogP contribution in [0.15, 0.2) is 47.4 Å². The van der Waals surface area contributed by atoms with E-state index in [1.54, 1.807) is 38.1 Å². The molecule has 2 aromatic carbocycles. The first-order valence-corrected chi connectivity index (χ1v) is 8.42. The SMILES string of the molecule is COc1cccc(OC)c1C(=O)N1c2ccccc2SCC1C. The Kier molecular flexibility index (Phi) is 4.48. The number of hydrogen-bond donors (Lipinski definition) is 0. The number of carbonyl (C=O) groups excluding carboxylic acids is 1. The van der Waals surface area contributed by atoms with Crippen molar-refractivity contribution in [3.8, 4) is 11.5 Å². The molecular formula is C18H19NO3S. The molecule has 0 bridgehead atoms. The number of hydrogen-bond acceptors (Lipinski definition) is 4. The smallest absolute Gasteiger partial charge is 0.266 e. The second-order valence-electron chi connectivity index (χ2n) is 5.34. The highest BCUT2D eigenvalue weighted by atomic mass is 32.2. The van der Waals surface area contributed by atoms with Gasteiger partial charge >= 0.3 is 0 Å². The molecule has 1 atom stereocenters. The molecule has 120 valence electrons. The Morgan fingerprint density at radius 1 is 1.09 bits per heavy atom. The van der Waals surface area contributed by atoms with Crippen LogP contribution in [0.5, 0.6) is 11.5 Å². The Morgan fingerprint density at radius 2 is 1.74 bits per heavy atom. The monoisotopic (exact) mass is 329 g/mol. The standard InChI is InChI=1S/C18H19NO3S/c1-12-11-23-16-10-5-4-7-13(16)19(12)18(20)17-14(21-2)8-6-9-15(17)22-3/h4-10,12H,11H2,1-3H3. The van der Waals surface area contributed by atoms with Crippen LogP contribution >= 0.6 is 11.8 Å². The summed E-state index contributed by atoms with van der Waals surface area (Å²) in [5, 5.41) is 0. The molecule has 0 spiro atoms. The van der Waals surface area contributed by atoms with Gasteiger partial charge in [0.25, 0.3) is 5.91 Å². The van der Waals surface area contributed by atoms with Crippen molar-refractivity contribution in [3.63, 3.8) is 0 Å². The van der Waals surface area contributed by atoms with Crippen molar-refractivity contribution < 1.29 is 14.3 Å². The average molecular weight is 329 g/mol. The summed E-state index contributed by atoms with van der Waals surface area (Å²) in [4.78, 5) is 16.2. The third-order valence-electron chi connectivity index (χ3n) is 3.91. The van der Waals surface area contributed by atoms with E-state index in [2.05, 4.69) is 6.92 Å². The molecule has 1 heterocycles. The highest BCUT2D eigenvalue weighted by Crippen LogP contribution is 2.40. The first kappa shape index (κ1) is 15.7. The van der Waals surface area contributed by atoms with Gasteiger partial charge in [0, 0.05) is 16.7 Å². The van der Waals surface area contributed by atoms with Gasteiger partial charge in [0.1, 0.15) is 17.1 Å². The fraction of sp³-hybridized carbons (Fsp3) is 0.278. The number of benzene rings is 2. The molecule has 1 aliphatic heterocycles. The lowest BCUT2D eigenvalue weighted by atomic mass is 10.1. The fourth-order valence-corrected chi connectivity index (χ4v) is 3.85. The van der Waals surface area contributed by atoms with Crippen LogP contribution in [0.3, 0.4) is 0 Å². The summed E-state index contributed by atoms with van der Waals surface area (Å²) in [5.74, 6) is 1.81. The number of nitrogens with zero attached hydrogens (tertiary/aromatic N) is 1. The molecule has 0 saturated heterocycles. The lowest BCUT2D eigenvalue weighted by molar-refractivity contribution is 0.0973. The normalized spacial score (nSPS) is 16.7. The van der Waals surface area contributed by atoms with Crippen molar-refractivity contribution >= 4 is 23.4 Å². The molecular weight excluding hydrogens is 310 g/mol. The molecule has 0 N–H and O–H groups in total. The molecule has 1 unspecified atom stereocenters. The zero-order chi connectivity index (χ0) is 16.4. The van der Waals surface area contributed by atoms with Gasteiger partial charge in [0.2, 0.25) is 0 Å². The van der Waals surface area contributed by atoms with Gasteiger partial charge in [-0.2, -0.15) is 0 Å². The summed E-state index contributed by atoms with van der Waals surface area (Å²) in [6.07, 6.45) is 0. The van der Waals surface area contributed by atoms with Crippen LogP contribution in [0, 0.1) is 0 Å². The number of anilines is 1. The minimum atomic E-state index is -0.0976. The van der Waals surface area contributed by atoms with E-state index >= 15 is 0 Å². The largest absolute Gasteiger partial charge is 0.496 e. The van der Waals surface area contributed by atoms with Gasteiger partial charge in [0.15, 0.2) is 0 Å². The van der Waals surface area contributed by atoms with E-state index in [9.17, 15) is 4.79 Å². The van der Waals surface area contributed by atoms with E-state index in [4.69, 9.17) is 9.47 Å². The maximum absolute atomic E-state index is 13.3. The van der Waals surface area contributed by atoms with Gasteiger partial charge in [-0.3, -0.25) is 4.79 Å². The van der Waals surface area contributed by atoms with Gasteiger partial charge < -0.3 is 14.4 Å². The lowest BCUT2D eigenvalue weighted by Crippen LogP contribution is -2.42. The Labute approximate surface area is 140 Å². The Morgan fingerprint density at radius 3 is 2.39 bits per heavy atom. The van der Waals surface area contributed by atoms with Crippen LogP contribution in [-0.4, -0.2) is 31.9 Å². The summed E-state index contributed by atoms with van der Waals surface area (Å²) in [6, 6.07) is 13.5. The van der Waals surface area contributed by atoms with Crippen LogP contribution in [0.25, 0.3) is 0 Å². The minimum absolute atomic E-state index is 0.0945. The molecule has 1 amide bonds. The predicted molar refractivity (Wildman–Crippen MR) is 93.0 cm³/mol. The second kappa shape index (κ2) is 6.54. The molecule has 0 saturated carbocycles. The highest BCUT2D eigenvalue weighted by molar-refractivity contribution is 7.99. The van der Waals surface area contributed by atoms with Gasteiger partial charge in [-0.25, -0.2) is 0 Å². The number of carbonyl (C=O) groups is 1. The number of amides is 1. The fourth-order valence-electron chi connectivity index (χ4n) is 2.79. The summed E-state index contributed by atoms with van der Waals surface area (Å²) >= 11 is 1.78. The van der Waals surface area contributed by atoms with E-state index in [0.717, 1.165) is 16.3 Å². The van der Waals surface area contributed by atoms with E-state index in [1.165, 1.54) is 0 Å². The molecule has 0 aromatic heterocycles. The Hall–Kier alpha value is -2.14. The first-order chi connectivity index (χ1) is 11.2. The third-order valence-corrected chi connectivity index (χ3v) is 5.21. The Bertz CT molecular complexity index is 710. The van der Waals surface area contributed by atoms with Crippen molar-refractivity contribution in [2.24, 2.45) is 0 Å². The topological polar surface area (TPSA) is 38.8 Å². The van der Waals surface area contributed by atoms with Crippen LogP contribution < -0.4 is 14.4 Å². The zero-order valence-corrected chi connectivity index (χ0v) is 14.2. The van der Waals surface area contributed by atoms with Gasteiger partial charge in [-0.05, 0) is 31.2 Å². The van der Waals surface area contributed by atoms with Crippen molar-refractivity contribution in [1.29, 1.82) is 0 Å². The van der Waals surface area contributed by atoms with Gasteiger partial charge in [-0.1, -0.05) is 18.2 Å². The third kappa shape index (κ3) is 2.77. The van der Waals surface area contributed by atoms with Crippen molar-refractivity contribution in [2.45, 2.75) is 17.9 Å². The van der Waals surface area contributed by atoms with Crippen molar-refractivity contribution in [3.05, 3.63) is 48.0 Å². The maximum atomic E-state index is 13.3. The maximum Gasteiger partial charge on any atom is 0.266 e. The van der Waals surface area contributed by atoms with Crippen LogP contribution in [0.4, 0.5) is 5.69 Å². The summed E-state index contributed by atoms with van der Waals surface area (Å²) in [5.41, 5.74) is 1.40. The van der Waals surface area contributed by atoms with Crippen LogP contribution in [0.2, 0.25) is 0 Å². The summed E-state index contributed by atoms with van der Waals surface area (Å²) in [7, 11) is 3.13. The number of methoxy groups -OCH3 is 2. The van der Waals surface area contributed by atoms with Crippen LogP contribution in [0.1, 0.15) is 17.3 Å². The molecule has 2 aromatic rings. The number of rotatable bonds is 3. The predicted octanol–water partition coefficient (Wildman–Crippen LogP) is 3.84. The number of para-hydroxylation sites is 1. The molecule has 23 heavy (non-hydrogen) atoms. The molecule has 1 aliphatic rings. The first-order valence-electron chi connectivity index (χ1n) is 7.43.